The number of anilines is 2. The van der Waals surface area contributed by atoms with Gasteiger partial charge >= 0.3 is 0 Å². The molecule has 6 heteroatoms. The van der Waals surface area contributed by atoms with Crippen molar-refractivity contribution in [3.63, 3.8) is 0 Å². The molecule has 0 radical (unpaired) electrons. The number of ether oxygens (including phenoxy) is 2. The lowest BCUT2D eigenvalue weighted by molar-refractivity contribution is 0.274. The minimum atomic E-state index is 0.541. The molecule has 2 aromatic heterocycles. The Morgan fingerprint density at radius 1 is 0.931 bits per heavy atom. The molecule has 0 bridgehead atoms. The van der Waals surface area contributed by atoms with Crippen molar-refractivity contribution in [3.05, 3.63) is 48.5 Å². The summed E-state index contributed by atoms with van der Waals surface area (Å²) >= 11 is 0. The average Bonchev–Trinajstić information content (AvgIpc) is 3.11. The van der Waals surface area contributed by atoms with E-state index in [1.807, 2.05) is 48.1 Å². The van der Waals surface area contributed by atoms with E-state index >= 15 is 0 Å². The third-order valence-electron chi connectivity index (χ3n) is 4.53. The van der Waals surface area contributed by atoms with Crippen molar-refractivity contribution in [2.45, 2.75) is 39.5 Å². The molecule has 3 rings (SSSR count). The van der Waals surface area contributed by atoms with Crippen LogP contribution in [0.5, 0.6) is 11.8 Å². The molecule has 6 nitrogen and oxygen atoms in total. The fraction of sp³-hybridized carbons (Fsp3) is 0.391. The van der Waals surface area contributed by atoms with E-state index in [4.69, 9.17) is 9.47 Å². The van der Waals surface area contributed by atoms with Gasteiger partial charge in [-0.1, -0.05) is 57.0 Å². The van der Waals surface area contributed by atoms with Crippen LogP contribution in [0.25, 0.3) is 11.3 Å². The monoisotopic (exact) mass is 394 g/mol. The van der Waals surface area contributed by atoms with Crippen molar-refractivity contribution < 1.29 is 9.47 Å². The number of nitrogens with one attached hydrogen (secondary N) is 1. The minimum absolute atomic E-state index is 0.541. The predicted octanol–water partition coefficient (Wildman–Crippen LogP) is 5.58. The number of aromatic nitrogens is 3. The number of hydrogen-bond donors (Lipinski definition) is 1. The van der Waals surface area contributed by atoms with Crippen LogP contribution in [-0.2, 0) is 7.05 Å². The van der Waals surface area contributed by atoms with Crippen LogP contribution < -0.4 is 14.8 Å². The first-order valence-electron chi connectivity index (χ1n) is 10.3. The van der Waals surface area contributed by atoms with E-state index in [1.165, 1.54) is 0 Å². The molecule has 154 valence electrons. The van der Waals surface area contributed by atoms with Crippen molar-refractivity contribution in [3.8, 4) is 23.0 Å². The number of rotatable bonds is 11. The van der Waals surface area contributed by atoms with Crippen molar-refractivity contribution in [2.75, 3.05) is 18.5 Å². The highest BCUT2D eigenvalue weighted by Crippen LogP contribution is 2.30. The summed E-state index contributed by atoms with van der Waals surface area (Å²) in [6.07, 6.45) is 4.13. The predicted molar refractivity (Wildman–Crippen MR) is 117 cm³/mol. The molecular weight excluding hydrogens is 364 g/mol. The smallest absolute Gasteiger partial charge is 0.241 e. The van der Waals surface area contributed by atoms with Gasteiger partial charge in [0.1, 0.15) is 5.69 Å². The van der Waals surface area contributed by atoms with Gasteiger partial charge in [0.05, 0.1) is 18.9 Å². The van der Waals surface area contributed by atoms with Crippen molar-refractivity contribution >= 4 is 11.5 Å². The molecule has 0 atom stereocenters. The summed E-state index contributed by atoms with van der Waals surface area (Å²) in [5.74, 6) is 1.87. The fourth-order valence-electron chi connectivity index (χ4n) is 2.89. The zero-order chi connectivity index (χ0) is 20.5. The van der Waals surface area contributed by atoms with Gasteiger partial charge in [-0.2, -0.15) is 10.1 Å². The van der Waals surface area contributed by atoms with Crippen molar-refractivity contribution in [1.29, 1.82) is 0 Å². The summed E-state index contributed by atoms with van der Waals surface area (Å²) in [4.78, 5) is 4.56. The van der Waals surface area contributed by atoms with Gasteiger partial charge in [0, 0.05) is 19.2 Å². The Morgan fingerprint density at radius 3 is 2.38 bits per heavy atom. The summed E-state index contributed by atoms with van der Waals surface area (Å²) in [5.41, 5.74) is 2.93. The second-order valence-corrected chi connectivity index (χ2v) is 6.94. The van der Waals surface area contributed by atoms with Crippen LogP contribution >= 0.6 is 0 Å². The highest BCUT2D eigenvalue weighted by Gasteiger charge is 2.12. The molecular formula is C23H30N4O2. The molecule has 1 aromatic carbocycles. The molecule has 2 heterocycles. The molecule has 0 fully saturated rings. The number of aryl methyl sites for hydroxylation is 1. The second kappa shape index (κ2) is 10.5. The molecule has 1 N–H and O–H groups in total. The quantitative estimate of drug-likeness (QED) is 0.430. The standard InChI is InChI=1S/C23H30N4O2/c1-4-6-15-28-22-14-13-19(23(25-22)29-16-7-5-2)24-21-17-20(27(3)26-21)18-11-9-8-10-12-18/h8-14,17H,4-7,15-16H2,1-3H3,(H,24,26). The van der Waals surface area contributed by atoms with Gasteiger partial charge in [-0.3, -0.25) is 4.68 Å². The molecule has 0 saturated heterocycles. The topological polar surface area (TPSA) is 61.2 Å². The molecule has 0 saturated carbocycles. The summed E-state index contributed by atoms with van der Waals surface area (Å²) < 4.78 is 13.5. The van der Waals surface area contributed by atoms with Crippen LogP contribution in [0, 0.1) is 0 Å². The molecule has 0 amide bonds. The highest BCUT2D eigenvalue weighted by molar-refractivity contribution is 5.68. The Morgan fingerprint density at radius 2 is 1.66 bits per heavy atom. The number of pyridine rings is 1. The zero-order valence-electron chi connectivity index (χ0n) is 17.5. The maximum absolute atomic E-state index is 5.93. The van der Waals surface area contributed by atoms with Gasteiger partial charge in [-0.15, -0.1) is 0 Å². The second-order valence-electron chi connectivity index (χ2n) is 6.94. The number of nitrogens with zero attached hydrogens (tertiary/aromatic N) is 3. The van der Waals surface area contributed by atoms with Crippen LogP contribution in [0.4, 0.5) is 11.5 Å². The van der Waals surface area contributed by atoms with Crippen LogP contribution in [0.2, 0.25) is 0 Å². The van der Waals surface area contributed by atoms with E-state index in [0.717, 1.165) is 48.4 Å². The lowest BCUT2D eigenvalue weighted by atomic mass is 10.1. The summed E-state index contributed by atoms with van der Waals surface area (Å²) in [6.45, 7) is 5.55. The SMILES string of the molecule is CCCCOc1ccc(Nc2cc(-c3ccccc3)n(C)n2)c(OCCCC)n1. The van der Waals surface area contributed by atoms with Crippen molar-refractivity contribution in [2.24, 2.45) is 7.05 Å². The molecule has 29 heavy (non-hydrogen) atoms. The lowest BCUT2D eigenvalue weighted by Gasteiger charge is -2.13. The van der Waals surface area contributed by atoms with Gasteiger partial charge in [-0.25, -0.2) is 0 Å². The molecule has 0 spiro atoms. The number of hydrogen-bond acceptors (Lipinski definition) is 5. The molecule has 0 aliphatic carbocycles. The minimum Gasteiger partial charge on any atom is -0.478 e. The third-order valence-corrected chi connectivity index (χ3v) is 4.53. The van der Waals surface area contributed by atoms with Crippen LogP contribution in [0.3, 0.4) is 0 Å². The van der Waals surface area contributed by atoms with Gasteiger partial charge in [0.2, 0.25) is 11.8 Å². The molecule has 0 aliphatic heterocycles. The van der Waals surface area contributed by atoms with Crippen molar-refractivity contribution in [1.82, 2.24) is 14.8 Å². The lowest BCUT2D eigenvalue weighted by Crippen LogP contribution is -2.05. The van der Waals surface area contributed by atoms with E-state index < -0.39 is 0 Å². The molecule has 3 aromatic rings. The van der Waals surface area contributed by atoms with Crippen LogP contribution in [-0.4, -0.2) is 28.0 Å². The first kappa shape index (κ1) is 20.7. The van der Waals surface area contributed by atoms with Gasteiger partial charge in [0.15, 0.2) is 5.82 Å². The van der Waals surface area contributed by atoms with Gasteiger partial charge in [-0.05, 0) is 24.5 Å². The first-order valence-corrected chi connectivity index (χ1v) is 10.3. The summed E-state index contributed by atoms with van der Waals surface area (Å²) in [6, 6.07) is 16.0. The normalized spacial score (nSPS) is 10.7. The van der Waals surface area contributed by atoms with Gasteiger partial charge in [0.25, 0.3) is 0 Å². The Hall–Kier alpha value is -3.02. The Balaban J connectivity index is 1.79. The average molecular weight is 395 g/mol. The number of benzene rings is 1. The van der Waals surface area contributed by atoms with Gasteiger partial charge < -0.3 is 14.8 Å². The van der Waals surface area contributed by atoms with E-state index in [9.17, 15) is 0 Å². The zero-order valence-corrected chi connectivity index (χ0v) is 17.5. The van der Waals surface area contributed by atoms with Crippen LogP contribution in [0.1, 0.15) is 39.5 Å². The Kier molecular flexibility index (Phi) is 7.50. The maximum Gasteiger partial charge on any atom is 0.241 e. The van der Waals surface area contributed by atoms with E-state index in [0.29, 0.717) is 25.0 Å². The summed E-state index contributed by atoms with van der Waals surface area (Å²) in [5, 5.41) is 7.94. The molecule has 0 unspecified atom stereocenters. The Labute approximate surface area is 172 Å². The molecule has 0 aliphatic rings. The summed E-state index contributed by atoms with van der Waals surface area (Å²) in [7, 11) is 1.94. The van der Waals surface area contributed by atoms with E-state index in [1.54, 1.807) is 0 Å². The van der Waals surface area contributed by atoms with E-state index in [2.05, 4.69) is 41.4 Å². The first-order chi connectivity index (χ1) is 14.2. The largest absolute Gasteiger partial charge is 0.478 e. The maximum atomic E-state index is 5.93. The van der Waals surface area contributed by atoms with E-state index in [-0.39, 0.29) is 0 Å². The van der Waals surface area contributed by atoms with Crippen LogP contribution in [0.15, 0.2) is 48.5 Å². The fourth-order valence-corrected chi connectivity index (χ4v) is 2.89. The highest BCUT2D eigenvalue weighted by atomic mass is 16.5. The third kappa shape index (κ3) is 5.73. The number of unbranched alkanes of at least 4 members (excludes halogenated alkanes) is 2. The Bertz CT molecular complexity index is 893.